The Morgan fingerprint density at radius 2 is 2.16 bits per heavy atom. The molecule has 1 aliphatic rings. The monoisotopic (exact) mass is 264 g/mol. The van der Waals surface area contributed by atoms with E-state index >= 15 is 0 Å². The predicted octanol–water partition coefficient (Wildman–Crippen LogP) is 2.36. The maximum atomic E-state index is 12.2. The van der Waals surface area contributed by atoms with Crippen LogP contribution in [-0.4, -0.2) is 30.4 Å². The molecule has 0 radical (unpaired) electrons. The third-order valence-electron chi connectivity index (χ3n) is 4.06. The van der Waals surface area contributed by atoms with E-state index in [9.17, 15) is 4.79 Å². The fourth-order valence-corrected chi connectivity index (χ4v) is 2.29. The largest absolute Gasteiger partial charge is 0.464 e. The smallest absolute Gasteiger partial charge is 0.242 e. The molecule has 2 atom stereocenters. The first-order valence-corrected chi connectivity index (χ1v) is 6.88. The van der Waals surface area contributed by atoms with Crippen LogP contribution in [0.2, 0.25) is 0 Å². The van der Waals surface area contributed by atoms with Crippen LogP contribution in [-0.2, 0) is 11.3 Å². The number of hydrogen-bond donors (Lipinski definition) is 1. The zero-order valence-electron chi connectivity index (χ0n) is 12.5. The minimum Gasteiger partial charge on any atom is -0.464 e. The second-order valence-electron chi connectivity index (χ2n) is 6.16. The van der Waals surface area contributed by atoms with Crippen molar-refractivity contribution in [2.24, 2.45) is 5.92 Å². The van der Waals surface area contributed by atoms with E-state index < -0.39 is 5.54 Å². The lowest BCUT2D eigenvalue weighted by Crippen LogP contribution is -2.51. The number of amides is 1. The second-order valence-corrected chi connectivity index (χ2v) is 6.16. The van der Waals surface area contributed by atoms with Crippen LogP contribution in [0.5, 0.6) is 0 Å². The number of nitrogens with one attached hydrogen (secondary N) is 1. The van der Waals surface area contributed by atoms with Gasteiger partial charge >= 0.3 is 0 Å². The van der Waals surface area contributed by atoms with Gasteiger partial charge in [0.25, 0.3) is 0 Å². The first kappa shape index (κ1) is 14.1. The molecule has 106 valence electrons. The van der Waals surface area contributed by atoms with Gasteiger partial charge in [-0.15, -0.1) is 0 Å². The van der Waals surface area contributed by atoms with Crippen LogP contribution >= 0.6 is 0 Å². The van der Waals surface area contributed by atoms with E-state index in [-0.39, 0.29) is 5.91 Å². The average Bonchev–Trinajstić information content (AvgIpc) is 2.91. The van der Waals surface area contributed by atoms with Crippen molar-refractivity contribution >= 4 is 5.91 Å². The molecule has 0 bridgehead atoms. The highest BCUT2D eigenvalue weighted by Crippen LogP contribution is 2.47. The number of rotatable bonds is 5. The van der Waals surface area contributed by atoms with Gasteiger partial charge in [0.15, 0.2) is 0 Å². The molecule has 0 aliphatic heterocycles. The first-order chi connectivity index (χ1) is 8.85. The Morgan fingerprint density at radius 3 is 2.68 bits per heavy atom. The predicted molar refractivity (Wildman–Crippen MR) is 74.8 cm³/mol. The third-order valence-corrected chi connectivity index (χ3v) is 4.06. The van der Waals surface area contributed by atoms with Gasteiger partial charge in [0.1, 0.15) is 11.5 Å². The van der Waals surface area contributed by atoms with Crippen molar-refractivity contribution in [3.05, 3.63) is 23.7 Å². The van der Waals surface area contributed by atoms with Crippen molar-refractivity contribution in [1.82, 2.24) is 10.2 Å². The summed E-state index contributed by atoms with van der Waals surface area (Å²) in [6.45, 7) is 6.51. The van der Waals surface area contributed by atoms with Crippen LogP contribution in [0.3, 0.4) is 0 Å². The van der Waals surface area contributed by atoms with E-state index in [4.69, 9.17) is 4.42 Å². The molecule has 2 unspecified atom stereocenters. The van der Waals surface area contributed by atoms with Gasteiger partial charge in [-0.05, 0) is 45.4 Å². The van der Waals surface area contributed by atoms with Crippen molar-refractivity contribution in [3.8, 4) is 0 Å². The first-order valence-electron chi connectivity index (χ1n) is 6.88. The molecule has 1 aliphatic carbocycles. The van der Waals surface area contributed by atoms with Crippen molar-refractivity contribution in [2.45, 2.75) is 45.2 Å². The van der Waals surface area contributed by atoms with E-state index in [2.05, 4.69) is 12.2 Å². The zero-order chi connectivity index (χ0) is 14.2. The summed E-state index contributed by atoms with van der Waals surface area (Å²) in [6, 6.07) is 4.03. The van der Waals surface area contributed by atoms with Crippen LogP contribution in [0.4, 0.5) is 0 Å². The van der Waals surface area contributed by atoms with Crippen LogP contribution in [0.1, 0.15) is 44.6 Å². The van der Waals surface area contributed by atoms with Gasteiger partial charge < -0.3 is 14.6 Å². The second kappa shape index (κ2) is 5.00. The molecule has 1 N–H and O–H groups in total. The molecule has 1 heterocycles. The molecule has 1 aromatic heterocycles. The highest BCUT2D eigenvalue weighted by atomic mass is 16.3. The van der Waals surface area contributed by atoms with Gasteiger partial charge in [0.05, 0.1) is 12.1 Å². The molecule has 2 rings (SSSR count). The Bertz CT molecular complexity index is 464. The average molecular weight is 264 g/mol. The van der Waals surface area contributed by atoms with E-state index in [0.29, 0.717) is 12.5 Å². The summed E-state index contributed by atoms with van der Waals surface area (Å²) < 4.78 is 5.83. The van der Waals surface area contributed by atoms with Crippen LogP contribution in [0.25, 0.3) is 0 Å². The fourth-order valence-electron chi connectivity index (χ4n) is 2.29. The van der Waals surface area contributed by atoms with Gasteiger partial charge in [-0.25, -0.2) is 0 Å². The lowest BCUT2D eigenvalue weighted by Gasteiger charge is -2.28. The number of likely N-dealkylation sites (N-methyl/N-ethyl adjacent to an activating group) is 2. The summed E-state index contributed by atoms with van der Waals surface area (Å²) in [4.78, 5) is 13.9. The molecule has 0 spiro atoms. The van der Waals surface area contributed by atoms with E-state index in [0.717, 1.165) is 17.4 Å². The maximum absolute atomic E-state index is 12.2. The molecule has 1 fully saturated rings. The van der Waals surface area contributed by atoms with Crippen molar-refractivity contribution in [3.63, 3.8) is 0 Å². The molecular formula is C15H24N2O2. The Morgan fingerprint density at radius 1 is 1.53 bits per heavy atom. The molecular weight excluding hydrogens is 240 g/mol. The van der Waals surface area contributed by atoms with Gasteiger partial charge in [-0.2, -0.15) is 0 Å². The van der Waals surface area contributed by atoms with E-state index in [1.54, 1.807) is 11.9 Å². The summed E-state index contributed by atoms with van der Waals surface area (Å²) in [6.07, 6.45) is 1.22. The van der Waals surface area contributed by atoms with Gasteiger partial charge in [0, 0.05) is 13.0 Å². The number of hydrogen-bond acceptors (Lipinski definition) is 3. The summed E-state index contributed by atoms with van der Waals surface area (Å²) in [7, 11) is 3.61. The lowest BCUT2D eigenvalue weighted by molar-refractivity contribution is -0.136. The minimum absolute atomic E-state index is 0.0627. The topological polar surface area (TPSA) is 45.5 Å². The summed E-state index contributed by atoms with van der Waals surface area (Å²) in [5, 5.41) is 3.03. The zero-order valence-corrected chi connectivity index (χ0v) is 12.5. The molecule has 19 heavy (non-hydrogen) atoms. The Balaban J connectivity index is 1.97. The van der Waals surface area contributed by atoms with Crippen molar-refractivity contribution in [1.29, 1.82) is 0 Å². The van der Waals surface area contributed by atoms with E-state index in [1.165, 1.54) is 6.42 Å². The highest BCUT2D eigenvalue weighted by molar-refractivity contribution is 5.85. The van der Waals surface area contributed by atoms with Crippen molar-refractivity contribution < 1.29 is 9.21 Å². The van der Waals surface area contributed by atoms with Crippen LogP contribution < -0.4 is 5.32 Å². The fraction of sp³-hybridized carbons (Fsp3) is 0.667. The minimum atomic E-state index is -0.546. The number of nitrogens with zero attached hydrogens (tertiary/aromatic N) is 1. The SMILES string of the molecule is CNC(C)(C)C(=O)N(C)Cc1ccc(C2CC2C)o1. The Labute approximate surface area is 115 Å². The molecule has 1 aromatic rings. The molecule has 0 aromatic carbocycles. The number of furan rings is 1. The Hall–Kier alpha value is -1.29. The van der Waals surface area contributed by atoms with E-state index in [1.807, 2.05) is 33.0 Å². The normalized spacial score (nSPS) is 22.4. The standard InChI is InChI=1S/C15H24N2O2/c1-10-8-12(10)13-7-6-11(19-13)9-17(5)14(18)15(2,3)16-4/h6-7,10,12,16H,8-9H2,1-5H3. The summed E-state index contributed by atoms with van der Waals surface area (Å²) >= 11 is 0. The molecule has 4 heteroatoms. The van der Waals surface area contributed by atoms with Crippen molar-refractivity contribution in [2.75, 3.05) is 14.1 Å². The highest BCUT2D eigenvalue weighted by Gasteiger charge is 2.36. The Kier molecular flexibility index (Phi) is 3.72. The summed E-state index contributed by atoms with van der Waals surface area (Å²) in [5.41, 5.74) is -0.546. The number of carbonyl (C=O) groups excluding carboxylic acids is 1. The molecule has 0 saturated heterocycles. The molecule has 4 nitrogen and oxygen atoms in total. The summed E-state index contributed by atoms with van der Waals surface area (Å²) in [5.74, 6) is 3.31. The quantitative estimate of drug-likeness (QED) is 0.888. The molecule has 1 saturated carbocycles. The van der Waals surface area contributed by atoms with Crippen LogP contribution in [0.15, 0.2) is 16.5 Å². The van der Waals surface area contributed by atoms with Crippen LogP contribution in [0, 0.1) is 5.92 Å². The maximum Gasteiger partial charge on any atom is 0.242 e. The lowest BCUT2D eigenvalue weighted by atomic mass is 10.0. The van der Waals surface area contributed by atoms with Gasteiger partial charge in [0.2, 0.25) is 5.91 Å². The van der Waals surface area contributed by atoms with Gasteiger partial charge in [-0.3, -0.25) is 4.79 Å². The molecule has 1 amide bonds. The number of carbonyl (C=O) groups is 1. The third kappa shape index (κ3) is 3.00. The van der Waals surface area contributed by atoms with Gasteiger partial charge in [-0.1, -0.05) is 6.92 Å².